The Kier molecular flexibility index (Phi) is 2.93. The van der Waals surface area contributed by atoms with Gasteiger partial charge < -0.3 is 10.5 Å². The first-order valence-electron chi connectivity index (χ1n) is 6.20. The van der Waals surface area contributed by atoms with Crippen LogP contribution in [0, 0.1) is 0 Å². The zero-order chi connectivity index (χ0) is 14.3. The van der Waals surface area contributed by atoms with Crippen molar-refractivity contribution in [2.75, 3.05) is 17.2 Å². The Morgan fingerprint density at radius 1 is 1.35 bits per heavy atom. The van der Waals surface area contributed by atoms with Crippen LogP contribution in [0.3, 0.4) is 0 Å². The lowest BCUT2D eigenvalue weighted by atomic mass is 10.1. The van der Waals surface area contributed by atoms with Crippen LogP contribution in [0.25, 0.3) is 11.3 Å². The number of nitrogens with zero attached hydrogens (tertiary/aromatic N) is 2. The Bertz CT molecular complexity index is 720. The molecule has 0 bridgehead atoms. The van der Waals surface area contributed by atoms with Gasteiger partial charge in [0.1, 0.15) is 17.7 Å². The zero-order valence-corrected chi connectivity index (χ0v) is 11.8. The minimum Gasteiger partial charge on any atom is -0.488 e. The van der Waals surface area contributed by atoms with Gasteiger partial charge in [0, 0.05) is 18.7 Å². The number of aryl methyl sites for hydroxylation is 1. The van der Waals surface area contributed by atoms with Gasteiger partial charge in [0.15, 0.2) is 9.84 Å². The van der Waals surface area contributed by atoms with Crippen LogP contribution in [0.2, 0.25) is 0 Å². The van der Waals surface area contributed by atoms with E-state index in [0.717, 1.165) is 5.56 Å². The first kappa shape index (κ1) is 13.0. The van der Waals surface area contributed by atoms with Crippen LogP contribution < -0.4 is 10.5 Å². The second-order valence-electron chi connectivity index (χ2n) is 4.89. The molecule has 1 aromatic carbocycles. The Morgan fingerprint density at radius 2 is 2.05 bits per heavy atom. The highest BCUT2D eigenvalue weighted by molar-refractivity contribution is 7.92. The molecule has 1 fully saturated rings. The second kappa shape index (κ2) is 4.52. The van der Waals surface area contributed by atoms with Crippen molar-refractivity contribution in [3.05, 3.63) is 30.3 Å². The largest absolute Gasteiger partial charge is 0.488 e. The average molecular weight is 293 g/mol. The number of ether oxygens (including phenoxy) is 1. The van der Waals surface area contributed by atoms with E-state index in [-0.39, 0.29) is 17.6 Å². The highest BCUT2D eigenvalue weighted by Gasteiger charge is 2.35. The molecule has 0 radical (unpaired) electrons. The minimum absolute atomic E-state index is 0.0751. The molecule has 20 heavy (non-hydrogen) atoms. The number of rotatable bonds is 3. The molecule has 106 valence electrons. The molecule has 1 aliphatic rings. The number of benzene rings is 1. The molecule has 2 aromatic rings. The third-order valence-corrected chi connectivity index (χ3v) is 5.01. The van der Waals surface area contributed by atoms with Gasteiger partial charge >= 0.3 is 0 Å². The number of aromatic nitrogens is 2. The predicted molar refractivity (Wildman–Crippen MR) is 76.1 cm³/mol. The molecule has 7 heteroatoms. The number of hydrogen-bond donors (Lipinski definition) is 1. The highest BCUT2D eigenvalue weighted by Crippen LogP contribution is 2.31. The lowest BCUT2D eigenvalue weighted by molar-refractivity contribution is 0.231. The van der Waals surface area contributed by atoms with Crippen molar-refractivity contribution in [1.29, 1.82) is 0 Å². The van der Waals surface area contributed by atoms with E-state index in [9.17, 15) is 8.42 Å². The lowest BCUT2D eigenvalue weighted by Crippen LogP contribution is -2.45. The molecule has 2 N–H and O–H groups in total. The summed E-state index contributed by atoms with van der Waals surface area (Å²) in [6, 6.07) is 9.18. The number of nitrogen functional groups attached to an aromatic ring is 1. The Morgan fingerprint density at radius 3 is 2.65 bits per heavy atom. The van der Waals surface area contributed by atoms with Crippen molar-refractivity contribution in [2.24, 2.45) is 7.05 Å². The maximum absolute atomic E-state index is 11.2. The predicted octanol–water partition coefficient (Wildman–Crippen LogP) is 0.845. The van der Waals surface area contributed by atoms with E-state index in [4.69, 9.17) is 10.5 Å². The molecule has 1 aromatic heterocycles. The summed E-state index contributed by atoms with van der Waals surface area (Å²) in [6.07, 6.45) is -0.276. The molecule has 1 aliphatic heterocycles. The number of anilines is 1. The first-order chi connectivity index (χ1) is 9.44. The minimum atomic E-state index is -2.90. The third-order valence-electron chi connectivity index (χ3n) is 3.25. The molecule has 0 saturated carbocycles. The van der Waals surface area contributed by atoms with Crippen LogP contribution in [0.4, 0.5) is 5.82 Å². The molecule has 3 rings (SSSR count). The van der Waals surface area contributed by atoms with Crippen LogP contribution in [-0.2, 0) is 16.9 Å². The monoisotopic (exact) mass is 293 g/mol. The van der Waals surface area contributed by atoms with Crippen molar-refractivity contribution < 1.29 is 13.2 Å². The summed E-state index contributed by atoms with van der Waals surface area (Å²) in [6.45, 7) is 0. The molecule has 2 heterocycles. The molecule has 0 aliphatic carbocycles. The molecule has 1 saturated heterocycles. The highest BCUT2D eigenvalue weighted by atomic mass is 32.2. The summed E-state index contributed by atoms with van der Waals surface area (Å²) < 4.78 is 29.7. The average Bonchev–Trinajstić information content (AvgIpc) is 2.68. The van der Waals surface area contributed by atoms with E-state index in [1.165, 1.54) is 0 Å². The standard InChI is InChI=1S/C13H15N3O3S/c1-16-13(14)6-11(15-16)10-4-2-3-5-12(10)19-9-7-20(17,18)8-9/h2-6,9H,7-8,14H2,1H3. The zero-order valence-electron chi connectivity index (χ0n) is 11.0. The summed E-state index contributed by atoms with van der Waals surface area (Å²) >= 11 is 0. The fraction of sp³-hybridized carbons (Fsp3) is 0.308. The summed E-state index contributed by atoms with van der Waals surface area (Å²) in [4.78, 5) is 0. The third kappa shape index (κ3) is 2.36. The second-order valence-corrected chi connectivity index (χ2v) is 7.04. The van der Waals surface area contributed by atoms with E-state index in [1.54, 1.807) is 17.8 Å². The number of hydrogen-bond acceptors (Lipinski definition) is 5. The Hall–Kier alpha value is -2.02. The summed E-state index contributed by atoms with van der Waals surface area (Å²) in [5.41, 5.74) is 7.30. The Balaban J connectivity index is 1.89. The van der Waals surface area contributed by atoms with Crippen LogP contribution in [0.5, 0.6) is 5.75 Å². The Labute approximate surface area is 117 Å². The molecule has 0 spiro atoms. The summed E-state index contributed by atoms with van der Waals surface area (Å²) in [5.74, 6) is 1.34. The fourth-order valence-electron chi connectivity index (χ4n) is 2.16. The van der Waals surface area contributed by atoms with Crippen molar-refractivity contribution in [3.63, 3.8) is 0 Å². The maximum atomic E-state index is 11.2. The van der Waals surface area contributed by atoms with E-state index in [0.29, 0.717) is 17.3 Å². The SMILES string of the molecule is Cn1nc(-c2ccccc2OC2CS(=O)(=O)C2)cc1N. The first-order valence-corrected chi connectivity index (χ1v) is 8.03. The molecule has 0 amide bonds. The quantitative estimate of drug-likeness (QED) is 0.906. The molecular weight excluding hydrogens is 278 g/mol. The van der Waals surface area contributed by atoms with Crippen molar-refractivity contribution in [3.8, 4) is 17.0 Å². The van der Waals surface area contributed by atoms with E-state index in [1.807, 2.05) is 24.3 Å². The van der Waals surface area contributed by atoms with Gasteiger partial charge in [-0.2, -0.15) is 5.10 Å². The fourth-order valence-corrected chi connectivity index (χ4v) is 3.33. The van der Waals surface area contributed by atoms with Gasteiger partial charge in [-0.1, -0.05) is 12.1 Å². The maximum Gasteiger partial charge on any atom is 0.157 e. The normalized spacial score (nSPS) is 17.6. The van der Waals surface area contributed by atoms with E-state index in [2.05, 4.69) is 5.10 Å². The molecule has 0 unspecified atom stereocenters. The van der Waals surface area contributed by atoms with Crippen LogP contribution >= 0.6 is 0 Å². The van der Waals surface area contributed by atoms with Crippen molar-refractivity contribution >= 4 is 15.7 Å². The van der Waals surface area contributed by atoms with E-state index < -0.39 is 9.84 Å². The van der Waals surface area contributed by atoms with Crippen LogP contribution in [0.15, 0.2) is 30.3 Å². The summed E-state index contributed by atoms with van der Waals surface area (Å²) in [5, 5.41) is 4.31. The molecular formula is C13H15N3O3S. The number of para-hydroxylation sites is 1. The van der Waals surface area contributed by atoms with Gasteiger partial charge in [-0.15, -0.1) is 0 Å². The van der Waals surface area contributed by atoms with Crippen molar-refractivity contribution in [1.82, 2.24) is 9.78 Å². The van der Waals surface area contributed by atoms with Crippen LogP contribution in [-0.4, -0.2) is 35.8 Å². The van der Waals surface area contributed by atoms with Crippen LogP contribution in [0.1, 0.15) is 0 Å². The van der Waals surface area contributed by atoms with Gasteiger partial charge in [0.2, 0.25) is 0 Å². The molecule has 6 nitrogen and oxygen atoms in total. The van der Waals surface area contributed by atoms with Gasteiger partial charge in [0.05, 0.1) is 17.2 Å². The number of sulfone groups is 1. The number of nitrogens with two attached hydrogens (primary N) is 1. The van der Waals surface area contributed by atoms with Gasteiger partial charge in [-0.05, 0) is 12.1 Å². The smallest absolute Gasteiger partial charge is 0.157 e. The topological polar surface area (TPSA) is 87.2 Å². The van der Waals surface area contributed by atoms with E-state index >= 15 is 0 Å². The summed E-state index contributed by atoms with van der Waals surface area (Å²) in [7, 11) is -1.13. The lowest BCUT2D eigenvalue weighted by Gasteiger charge is -2.27. The van der Waals surface area contributed by atoms with Gasteiger partial charge in [0.25, 0.3) is 0 Å². The molecule has 0 atom stereocenters. The van der Waals surface area contributed by atoms with Gasteiger partial charge in [-0.3, -0.25) is 4.68 Å². The van der Waals surface area contributed by atoms with Crippen molar-refractivity contribution in [2.45, 2.75) is 6.10 Å². The van der Waals surface area contributed by atoms with Gasteiger partial charge in [-0.25, -0.2) is 8.42 Å².